The van der Waals surface area contributed by atoms with E-state index in [0.29, 0.717) is 4.59 Å². The highest BCUT2D eigenvalue weighted by Crippen LogP contribution is 2.24. The van der Waals surface area contributed by atoms with Crippen molar-refractivity contribution >= 4 is 27.8 Å². The molecule has 0 bridgehead atoms. The summed E-state index contributed by atoms with van der Waals surface area (Å²) in [5, 5.41) is 7.97. The maximum Gasteiger partial charge on any atom is 0.255 e. The maximum atomic E-state index is 4.65. The third-order valence-corrected chi connectivity index (χ3v) is 3.63. The first-order valence-corrected chi connectivity index (χ1v) is 7.00. The van der Waals surface area contributed by atoms with Gasteiger partial charge in [-0.05, 0) is 28.1 Å². The lowest BCUT2D eigenvalue weighted by molar-refractivity contribution is -0.826. The molecule has 0 aliphatic carbocycles. The van der Waals surface area contributed by atoms with Crippen LogP contribution in [0.25, 0.3) is 6.08 Å². The van der Waals surface area contributed by atoms with E-state index in [4.69, 9.17) is 0 Å². The number of nitrogens with zero attached hydrogens (tertiary/aromatic N) is 5. The van der Waals surface area contributed by atoms with E-state index in [1.807, 2.05) is 67.6 Å². The van der Waals surface area contributed by atoms with Crippen LogP contribution in [0.2, 0.25) is 0 Å². The molecule has 1 unspecified atom stereocenters. The van der Waals surface area contributed by atoms with E-state index < -0.39 is 0 Å². The molecule has 6 nitrogen and oxygen atoms in total. The highest BCUT2D eigenvalue weighted by molar-refractivity contribution is 9.10. The summed E-state index contributed by atoms with van der Waals surface area (Å²) < 4.78 is 3.19. The van der Waals surface area contributed by atoms with Crippen LogP contribution in [-0.4, -0.2) is 39.0 Å². The van der Waals surface area contributed by atoms with Crippen LogP contribution in [0.15, 0.2) is 46.4 Å². The van der Waals surface area contributed by atoms with E-state index in [9.17, 15) is 0 Å². The van der Waals surface area contributed by atoms with Crippen LogP contribution in [0.5, 0.6) is 0 Å². The van der Waals surface area contributed by atoms with E-state index >= 15 is 0 Å². The number of aromatic nitrogens is 2. The Kier molecular flexibility index (Phi) is 3.02. The van der Waals surface area contributed by atoms with E-state index in [2.05, 4.69) is 31.3 Å². The normalized spacial score (nSPS) is 24.7. The zero-order chi connectivity index (χ0) is 14.3. The van der Waals surface area contributed by atoms with Gasteiger partial charge in [-0.1, -0.05) is 5.10 Å². The summed E-state index contributed by atoms with van der Waals surface area (Å²) in [6.07, 6.45) is 11.8. The van der Waals surface area contributed by atoms with Gasteiger partial charge in [0.2, 0.25) is 0 Å². The summed E-state index contributed by atoms with van der Waals surface area (Å²) in [6, 6.07) is 0. The molecule has 3 heterocycles. The van der Waals surface area contributed by atoms with Crippen LogP contribution in [0, 0.1) is 0 Å². The standard InChI is InChI=1S/C13H16BrN6/c1-18-6-7-20(3)13(9-18)16-11(17-20)4-5-12-15-10(14)8-19(12)2/h4-9H,1-3H3,(H,16,17)/q+1/b5-4+. The van der Waals surface area contributed by atoms with E-state index in [0.717, 1.165) is 22.1 Å². The Hall–Kier alpha value is -1.86. The van der Waals surface area contributed by atoms with Gasteiger partial charge in [-0.25, -0.2) is 4.98 Å². The topological polar surface area (TPSA) is 45.5 Å². The Bertz CT molecular complexity index is 668. The smallest absolute Gasteiger partial charge is 0.255 e. The molecule has 20 heavy (non-hydrogen) atoms. The number of quaternary nitrogens is 1. The van der Waals surface area contributed by atoms with Crippen LogP contribution < -0.4 is 5.32 Å². The fourth-order valence-electron chi connectivity index (χ4n) is 2.11. The third-order valence-electron chi connectivity index (χ3n) is 3.25. The van der Waals surface area contributed by atoms with Gasteiger partial charge in [0.05, 0.1) is 12.4 Å². The predicted molar refractivity (Wildman–Crippen MR) is 81.7 cm³/mol. The molecule has 2 aliphatic heterocycles. The third kappa shape index (κ3) is 2.30. The lowest BCUT2D eigenvalue weighted by atomic mass is 10.4. The molecule has 0 radical (unpaired) electrons. The number of aryl methyl sites for hydroxylation is 1. The Morgan fingerprint density at radius 3 is 2.85 bits per heavy atom. The van der Waals surface area contributed by atoms with Crippen molar-refractivity contribution in [2.24, 2.45) is 12.1 Å². The molecular formula is C13H16BrN6+. The van der Waals surface area contributed by atoms with Crippen LogP contribution in [0.1, 0.15) is 5.82 Å². The summed E-state index contributed by atoms with van der Waals surface area (Å²) in [4.78, 5) is 6.36. The van der Waals surface area contributed by atoms with Crippen molar-refractivity contribution < 1.29 is 4.59 Å². The average Bonchev–Trinajstić information content (AvgIpc) is 2.86. The first-order valence-electron chi connectivity index (χ1n) is 6.20. The van der Waals surface area contributed by atoms with Crippen LogP contribution >= 0.6 is 15.9 Å². The quantitative estimate of drug-likeness (QED) is 0.838. The lowest BCUT2D eigenvalue weighted by Gasteiger charge is -2.24. The van der Waals surface area contributed by atoms with Crippen molar-refractivity contribution in [1.82, 2.24) is 19.8 Å². The van der Waals surface area contributed by atoms with Gasteiger partial charge in [-0.3, -0.25) is 5.32 Å². The second kappa shape index (κ2) is 4.60. The molecule has 7 heteroatoms. The SMILES string of the molecule is CN1C=C[N+]2(C)N=C(/C=C/c3nc(Br)cn3C)NC2=C1. The van der Waals surface area contributed by atoms with E-state index in [1.165, 1.54) is 0 Å². The summed E-state index contributed by atoms with van der Waals surface area (Å²) >= 11 is 3.36. The van der Waals surface area contributed by atoms with Gasteiger partial charge < -0.3 is 9.47 Å². The fraction of sp³-hybridized carbons (Fsp3) is 0.231. The van der Waals surface area contributed by atoms with Crippen molar-refractivity contribution in [1.29, 1.82) is 0 Å². The van der Waals surface area contributed by atoms with Crippen LogP contribution in [-0.2, 0) is 7.05 Å². The number of nitrogens with one attached hydrogen (secondary N) is 1. The molecule has 1 aromatic heterocycles. The van der Waals surface area contributed by atoms with Crippen molar-refractivity contribution in [3.63, 3.8) is 0 Å². The Morgan fingerprint density at radius 2 is 2.15 bits per heavy atom. The average molecular weight is 336 g/mol. The van der Waals surface area contributed by atoms with E-state index in [1.54, 1.807) is 0 Å². The molecular weight excluding hydrogens is 320 g/mol. The molecule has 1 N–H and O–H groups in total. The molecule has 0 saturated carbocycles. The molecule has 0 spiro atoms. The second-order valence-corrected chi connectivity index (χ2v) is 5.79. The van der Waals surface area contributed by atoms with Crippen molar-refractivity contribution in [3.05, 3.63) is 47.1 Å². The van der Waals surface area contributed by atoms with Gasteiger partial charge in [0.1, 0.15) is 23.7 Å². The van der Waals surface area contributed by atoms with Gasteiger partial charge in [-0.2, -0.15) is 0 Å². The zero-order valence-electron chi connectivity index (χ0n) is 11.6. The van der Waals surface area contributed by atoms with Crippen molar-refractivity contribution in [2.45, 2.75) is 0 Å². The van der Waals surface area contributed by atoms with E-state index in [-0.39, 0.29) is 0 Å². The van der Waals surface area contributed by atoms with Crippen molar-refractivity contribution in [2.75, 3.05) is 14.1 Å². The Morgan fingerprint density at radius 1 is 1.35 bits per heavy atom. The Balaban J connectivity index is 1.84. The van der Waals surface area contributed by atoms with Gasteiger partial charge >= 0.3 is 0 Å². The number of fused-ring (bicyclic) bond motifs is 1. The molecule has 1 aromatic rings. The number of rotatable bonds is 2. The highest BCUT2D eigenvalue weighted by Gasteiger charge is 2.36. The molecule has 0 saturated heterocycles. The summed E-state index contributed by atoms with van der Waals surface area (Å²) in [6.45, 7) is 0. The Labute approximate surface area is 126 Å². The summed E-state index contributed by atoms with van der Waals surface area (Å²) in [5.41, 5.74) is 0. The van der Waals surface area contributed by atoms with Crippen LogP contribution in [0.4, 0.5) is 0 Å². The molecule has 2 aliphatic rings. The second-order valence-electron chi connectivity index (χ2n) is 4.98. The molecule has 0 amide bonds. The predicted octanol–water partition coefficient (Wildman–Crippen LogP) is 1.77. The maximum absolute atomic E-state index is 4.65. The number of amidine groups is 1. The van der Waals surface area contributed by atoms with Crippen molar-refractivity contribution in [3.8, 4) is 0 Å². The number of halogens is 1. The highest BCUT2D eigenvalue weighted by atomic mass is 79.9. The summed E-state index contributed by atoms with van der Waals surface area (Å²) in [7, 11) is 5.98. The minimum absolute atomic E-state index is 0.411. The van der Waals surface area contributed by atoms with Gasteiger partial charge in [0.25, 0.3) is 5.82 Å². The fourth-order valence-corrected chi connectivity index (χ4v) is 2.60. The first kappa shape index (κ1) is 13.1. The number of imidazole rings is 1. The monoisotopic (exact) mass is 335 g/mol. The number of hydrogen-bond donors (Lipinski definition) is 1. The zero-order valence-corrected chi connectivity index (χ0v) is 13.2. The van der Waals surface area contributed by atoms with Gasteiger partial charge in [-0.15, -0.1) is 4.59 Å². The summed E-state index contributed by atoms with van der Waals surface area (Å²) in [5.74, 6) is 2.71. The van der Waals surface area contributed by atoms with Gasteiger partial charge in [0, 0.05) is 20.3 Å². The largest absolute Gasteiger partial charge is 0.346 e. The molecule has 104 valence electrons. The minimum Gasteiger partial charge on any atom is -0.346 e. The van der Waals surface area contributed by atoms with Crippen LogP contribution in [0.3, 0.4) is 0 Å². The number of hydrogen-bond acceptors (Lipinski definition) is 4. The lowest BCUT2D eigenvalue weighted by Crippen LogP contribution is -2.36. The first-order chi connectivity index (χ1) is 9.46. The van der Waals surface area contributed by atoms with Gasteiger partial charge in [0.15, 0.2) is 5.84 Å². The molecule has 1 atom stereocenters. The molecule has 0 aromatic carbocycles. The molecule has 0 fully saturated rings. The minimum atomic E-state index is 0.411. The molecule has 3 rings (SSSR count).